The molecule has 2 aliphatic rings. The minimum Gasteiger partial charge on any atom is -0.475 e. The number of carboxylic acids is 1. The van der Waals surface area contributed by atoms with E-state index in [1.165, 1.54) is 36.8 Å². The van der Waals surface area contributed by atoms with Crippen molar-refractivity contribution in [3.63, 3.8) is 0 Å². The largest absolute Gasteiger partial charge is 0.490 e. The molecule has 1 fully saturated rings. The number of benzene rings is 2. The highest BCUT2D eigenvalue weighted by Gasteiger charge is 2.38. The lowest BCUT2D eigenvalue weighted by Crippen LogP contribution is -2.42. The van der Waals surface area contributed by atoms with Crippen LogP contribution in [0.2, 0.25) is 0 Å². The molecule has 2 aromatic carbocycles. The van der Waals surface area contributed by atoms with Gasteiger partial charge in [0.25, 0.3) is 5.91 Å². The molecule has 0 radical (unpaired) electrons. The van der Waals surface area contributed by atoms with E-state index in [-0.39, 0.29) is 5.91 Å². The number of amides is 1. The summed E-state index contributed by atoms with van der Waals surface area (Å²) < 4.78 is 31.7. The molecular weight excluding hydrogens is 457 g/mol. The van der Waals surface area contributed by atoms with E-state index in [0.717, 1.165) is 42.4 Å². The first-order chi connectivity index (χ1) is 16.4. The third-order valence-corrected chi connectivity index (χ3v) is 6.96. The van der Waals surface area contributed by atoms with Crippen molar-refractivity contribution in [2.45, 2.75) is 71.6 Å². The van der Waals surface area contributed by atoms with Crippen LogP contribution in [0.15, 0.2) is 42.5 Å². The average Bonchev–Trinajstić information content (AvgIpc) is 2.79. The molecule has 2 aromatic rings. The van der Waals surface area contributed by atoms with Crippen molar-refractivity contribution in [1.29, 1.82) is 0 Å². The second-order valence-corrected chi connectivity index (χ2v) is 10.2. The Kier molecular flexibility index (Phi) is 8.26. The molecule has 0 spiro atoms. The number of fused-ring (bicyclic) bond motifs is 1. The second-order valence-electron chi connectivity index (χ2n) is 10.2. The van der Waals surface area contributed by atoms with E-state index < -0.39 is 12.1 Å². The maximum atomic E-state index is 12.6. The highest BCUT2D eigenvalue weighted by molar-refractivity contribution is 6.05. The van der Waals surface area contributed by atoms with Crippen LogP contribution in [-0.4, -0.2) is 40.6 Å². The lowest BCUT2D eigenvalue weighted by molar-refractivity contribution is -0.192. The molecule has 190 valence electrons. The Morgan fingerprint density at radius 2 is 1.69 bits per heavy atom. The first-order valence-electron chi connectivity index (χ1n) is 11.9. The molecule has 1 aliphatic heterocycles. The summed E-state index contributed by atoms with van der Waals surface area (Å²) in [7, 11) is 0. The van der Waals surface area contributed by atoms with Crippen LogP contribution in [0.4, 0.5) is 18.9 Å². The zero-order valence-electron chi connectivity index (χ0n) is 20.4. The Labute approximate surface area is 204 Å². The molecule has 1 amide bonds. The number of carbonyl (C=O) groups excluding carboxylic acids is 1. The molecule has 35 heavy (non-hydrogen) atoms. The van der Waals surface area contributed by atoms with Gasteiger partial charge in [0.15, 0.2) is 0 Å². The van der Waals surface area contributed by atoms with Gasteiger partial charge in [-0.2, -0.15) is 13.2 Å². The molecule has 0 unspecified atom stereocenters. The van der Waals surface area contributed by atoms with E-state index in [1.54, 1.807) is 0 Å². The van der Waals surface area contributed by atoms with Gasteiger partial charge in [0.05, 0.1) is 0 Å². The topological polar surface area (TPSA) is 69.6 Å². The van der Waals surface area contributed by atoms with E-state index >= 15 is 0 Å². The summed E-state index contributed by atoms with van der Waals surface area (Å²) >= 11 is 0. The third kappa shape index (κ3) is 7.31. The zero-order valence-corrected chi connectivity index (χ0v) is 20.4. The Bertz CT molecular complexity index is 1060. The van der Waals surface area contributed by atoms with Crippen LogP contribution < -0.4 is 5.32 Å². The van der Waals surface area contributed by atoms with Crippen LogP contribution in [0.5, 0.6) is 0 Å². The first kappa shape index (κ1) is 26.7. The average molecular weight is 491 g/mol. The summed E-state index contributed by atoms with van der Waals surface area (Å²) in [5.41, 5.74) is 5.98. The van der Waals surface area contributed by atoms with Crippen molar-refractivity contribution < 1.29 is 27.9 Å². The predicted molar refractivity (Wildman–Crippen MR) is 129 cm³/mol. The number of aryl methyl sites for hydroxylation is 1. The minimum absolute atomic E-state index is 0.0275. The number of nitrogens with one attached hydrogen (secondary N) is 1. The zero-order chi connectivity index (χ0) is 25.8. The van der Waals surface area contributed by atoms with Crippen molar-refractivity contribution in [3.8, 4) is 0 Å². The normalized spacial score (nSPS) is 18.1. The molecular formula is C27H33F3N2O3. The predicted octanol–water partition coefficient (Wildman–Crippen LogP) is 6.21. The molecule has 1 saturated carbocycles. The molecule has 5 nitrogen and oxygen atoms in total. The number of aliphatic carboxylic acids is 1. The van der Waals surface area contributed by atoms with Crippen molar-refractivity contribution in [2.75, 3.05) is 11.9 Å². The molecule has 1 heterocycles. The monoisotopic (exact) mass is 490 g/mol. The van der Waals surface area contributed by atoms with Gasteiger partial charge in [-0.1, -0.05) is 38.1 Å². The van der Waals surface area contributed by atoms with Gasteiger partial charge >= 0.3 is 12.1 Å². The van der Waals surface area contributed by atoms with Crippen LogP contribution in [-0.2, 0) is 17.8 Å². The van der Waals surface area contributed by atoms with Crippen LogP contribution in [0.3, 0.4) is 0 Å². The Morgan fingerprint density at radius 1 is 1.06 bits per heavy atom. The highest BCUT2D eigenvalue weighted by atomic mass is 19.4. The number of halogens is 3. The number of rotatable bonds is 3. The number of carbonyl (C=O) groups is 2. The molecule has 0 bridgehead atoms. The van der Waals surface area contributed by atoms with E-state index in [2.05, 4.69) is 42.3 Å². The molecule has 0 atom stereocenters. The molecule has 0 saturated heterocycles. The van der Waals surface area contributed by atoms with E-state index in [1.807, 2.05) is 31.2 Å². The van der Waals surface area contributed by atoms with Gasteiger partial charge in [0.2, 0.25) is 0 Å². The quantitative estimate of drug-likeness (QED) is 0.537. The standard InChI is InChI=1S/C25H32N2O.C2HF3O2/c1-18-6-4-5-7-23(18)24(28)26-21-9-8-20-17-27(15-12-19(20)16-21)22-10-13-25(2,3)14-11-22;3-2(4,5)1(6)7/h4-9,16,22H,10-15,17H2,1-3H3,(H,26,28);(H,6,7). The van der Waals surface area contributed by atoms with Gasteiger partial charge in [0.1, 0.15) is 0 Å². The number of nitrogens with zero attached hydrogens (tertiary/aromatic N) is 1. The maximum Gasteiger partial charge on any atom is 0.490 e. The lowest BCUT2D eigenvalue weighted by Gasteiger charge is -2.42. The number of anilines is 1. The number of carboxylic acid groups (broad SMARTS) is 1. The maximum absolute atomic E-state index is 12.6. The van der Waals surface area contributed by atoms with Gasteiger partial charge in [-0.05, 0) is 79.3 Å². The summed E-state index contributed by atoms with van der Waals surface area (Å²) in [6, 6.07) is 14.9. The van der Waals surface area contributed by atoms with Crippen LogP contribution in [0, 0.1) is 12.3 Å². The first-order valence-corrected chi connectivity index (χ1v) is 11.9. The third-order valence-electron chi connectivity index (χ3n) is 6.96. The number of hydrogen-bond donors (Lipinski definition) is 2. The van der Waals surface area contributed by atoms with Gasteiger partial charge in [-0.3, -0.25) is 9.69 Å². The second kappa shape index (κ2) is 10.8. The lowest BCUT2D eigenvalue weighted by atomic mass is 9.75. The summed E-state index contributed by atoms with van der Waals surface area (Å²) in [6.45, 7) is 8.96. The Morgan fingerprint density at radius 3 is 2.29 bits per heavy atom. The van der Waals surface area contributed by atoms with Crippen molar-refractivity contribution in [2.24, 2.45) is 5.41 Å². The Hall–Kier alpha value is -2.87. The smallest absolute Gasteiger partial charge is 0.475 e. The van der Waals surface area contributed by atoms with E-state index in [0.29, 0.717) is 5.41 Å². The summed E-state index contributed by atoms with van der Waals surface area (Å²) in [5, 5.41) is 10.2. The molecule has 1 aliphatic carbocycles. The number of alkyl halides is 3. The van der Waals surface area contributed by atoms with Crippen molar-refractivity contribution in [1.82, 2.24) is 4.90 Å². The van der Waals surface area contributed by atoms with Crippen molar-refractivity contribution in [3.05, 3.63) is 64.7 Å². The molecule has 4 rings (SSSR count). The molecule has 0 aromatic heterocycles. The fraction of sp³-hybridized carbons (Fsp3) is 0.481. The van der Waals surface area contributed by atoms with Gasteiger partial charge in [-0.15, -0.1) is 0 Å². The van der Waals surface area contributed by atoms with Gasteiger partial charge in [-0.25, -0.2) is 4.79 Å². The Balaban J connectivity index is 0.000000429. The van der Waals surface area contributed by atoms with Crippen LogP contribution in [0.1, 0.15) is 66.6 Å². The summed E-state index contributed by atoms with van der Waals surface area (Å²) in [6.07, 6.45) is 1.32. The molecule has 8 heteroatoms. The highest BCUT2D eigenvalue weighted by Crippen LogP contribution is 2.38. The molecule has 2 N–H and O–H groups in total. The fourth-order valence-corrected chi connectivity index (χ4v) is 4.74. The number of hydrogen-bond acceptors (Lipinski definition) is 3. The van der Waals surface area contributed by atoms with Crippen LogP contribution in [0.25, 0.3) is 0 Å². The summed E-state index contributed by atoms with van der Waals surface area (Å²) in [4.78, 5) is 24.2. The minimum atomic E-state index is -5.08. The van der Waals surface area contributed by atoms with E-state index in [9.17, 15) is 18.0 Å². The fourth-order valence-electron chi connectivity index (χ4n) is 4.74. The summed E-state index contributed by atoms with van der Waals surface area (Å²) in [5.74, 6) is -2.78. The van der Waals surface area contributed by atoms with Crippen molar-refractivity contribution >= 4 is 17.6 Å². The van der Waals surface area contributed by atoms with Gasteiger partial charge < -0.3 is 10.4 Å². The van der Waals surface area contributed by atoms with E-state index in [4.69, 9.17) is 9.90 Å². The SMILES string of the molecule is Cc1ccccc1C(=O)Nc1ccc2c(c1)CCN(C1CCC(C)(C)CC1)C2.O=C(O)C(F)(F)F. The van der Waals surface area contributed by atoms with Crippen LogP contribution >= 0.6 is 0 Å². The van der Waals surface area contributed by atoms with Gasteiger partial charge in [0, 0.05) is 30.4 Å².